The van der Waals surface area contributed by atoms with Crippen molar-refractivity contribution in [2.75, 3.05) is 23.3 Å². The number of carbonyl (C=O) groups is 1. The molecule has 0 radical (unpaired) electrons. The molecule has 0 saturated carbocycles. The molecule has 1 aliphatic heterocycles. The smallest absolute Gasteiger partial charge is 0.417 e. The lowest BCUT2D eigenvalue weighted by molar-refractivity contribution is -0.137. The van der Waals surface area contributed by atoms with E-state index in [1.807, 2.05) is 0 Å². The average Bonchev–Trinajstić information content (AvgIpc) is 2.80. The van der Waals surface area contributed by atoms with E-state index in [0.29, 0.717) is 6.20 Å². The van der Waals surface area contributed by atoms with Gasteiger partial charge in [0.15, 0.2) is 5.69 Å². The maximum absolute atomic E-state index is 14.1. The van der Waals surface area contributed by atoms with E-state index in [1.54, 1.807) is 0 Å². The molecule has 3 aromatic rings. The molecule has 0 amide bonds. The Morgan fingerprint density at radius 2 is 1.97 bits per heavy atom. The molecule has 4 heterocycles. The number of aromatic nitrogens is 3. The first-order valence-electron chi connectivity index (χ1n) is 11.1. The van der Waals surface area contributed by atoms with Crippen LogP contribution in [-0.4, -0.2) is 44.5 Å². The first kappa shape index (κ1) is 26.6. The summed E-state index contributed by atoms with van der Waals surface area (Å²) in [6, 6.07) is 2.36. The van der Waals surface area contributed by atoms with E-state index >= 15 is 0 Å². The fraction of sp³-hybridized carbons (Fsp3) is 0.391. The Balaban J connectivity index is 1.90. The number of pyridine rings is 2. The molecular formula is C23H21ClF5N5O3. The normalized spacial score (nSPS) is 16.6. The van der Waals surface area contributed by atoms with E-state index < -0.39 is 47.5 Å². The molecule has 1 fully saturated rings. The Kier molecular flexibility index (Phi) is 6.78. The second kappa shape index (κ2) is 9.43. The van der Waals surface area contributed by atoms with Gasteiger partial charge in [0.05, 0.1) is 29.4 Å². The van der Waals surface area contributed by atoms with Crippen molar-refractivity contribution in [2.45, 2.75) is 44.8 Å². The number of carboxylic acid groups (broad SMARTS) is 1. The topological polar surface area (TPSA) is 99.8 Å². The summed E-state index contributed by atoms with van der Waals surface area (Å²) in [5.74, 6) is -4.48. The first-order valence-corrected chi connectivity index (χ1v) is 11.5. The minimum atomic E-state index is -4.82. The Labute approximate surface area is 211 Å². The van der Waals surface area contributed by atoms with Crippen LogP contribution in [0, 0.1) is 6.92 Å². The number of hydrogen-bond acceptors (Lipinski definition) is 6. The van der Waals surface area contributed by atoms with Crippen LogP contribution in [-0.2, 0) is 6.18 Å². The lowest BCUT2D eigenvalue weighted by Gasteiger charge is -2.34. The van der Waals surface area contributed by atoms with Crippen LogP contribution in [0.2, 0.25) is 5.15 Å². The van der Waals surface area contributed by atoms with E-state index in [2.05, 4.69) is 15.3 Å². The number of piperidine rings is 1. The molecule has 37 heavy (non-hydrogen) atoms. The lowest BCUT2D eigenvalue weighted by Crippen LogP contribution is -2.44. The fourth-order valence-corrected chi connectivity index (χ4v) is 4.44. The van der Waals surface area contributed by atoms with Gasteiger partial charge in [0, 0.05) is 24.7 Å². The van der Waals surface area contributed by atoms with Crippen LogP contribution < -0.4 is 15.8 Å². The molecule has 0 bridgehead atoms. The predicted molar refractivity (Wildman–Crippen MR) is 126 cm³/mol. The number of aromatic carboxylic acids is 1. The number of alkyl halides is 5. The highest BCUT2D eigenvalue weighted by molar-refractivity contribution is 6.29. The lowest BCUT2D eigenvalue weighted by atomic mass is 10.0. The van der Waals surface area contributed by atoms with Crippen LogP contribution in [0.5, 0.6) is 0 Å². The van der Waals surface area contributed by atoms with Crippen molar-refractivity contribution in [1.29, 1.82) is 0 Å². The van der Waals surface area contributed by atoms with Crippen molar-refractivity contribution < 1.29 is 31.9 Å². The summed E-state index contributed by atoms with van der Waals surface area (Å²) in [5, 5.41) is 12.1. The molecule has 0 aromatic carbocycles. The Bertz CT molecular complexity index is 1440. The zero-order valence-corrected chi connectivity index (χ0v) is 20.3. The highest BCUT2D eigenvalue weighted by Gasteiger charge is 2.37. The number of rotatable bonds is 5. The molecule has 0 unspecified atom stereocenters. The molecule has 1 aliphatic rings. The number of nitrogens with one attached hydrogen (secondary N) is 1. The summed E-state index contributed by atoms with van der Waals surface area (Å²) in [6.45, 7) is 2.28. The Morgan fingerprint density at radius 3 is 2.59 bits per heavy atom. The third-order valence-electron chi connectivity index (χ3n) is 6.07. The van der Waals surface area contributed by atoms with E-state index in [-0.39, 0.29) is 52.8 Å². The minimum absolute atomic E-state index is 0.0367. The molecule has 1 saturated heterocycles. The maximum Gasteiger partial charge on any atom is 0.417 e. The van der Waals surface area contributed by atoms with Gasteiger partial charge in [-0.1, -0.05) is 11.6 Å². The summed E-state index contributed by atoms with van der Waals surface area (Å²) in [5.41, 5.74) is -2.85. The van der Waals surface area contributed by atoms with Gasteiger partial charge in [0.2, 0.25) is 0 Å². The zero-order valence-electron chi connectivity index (χ0n) is 19.5. The van der Waals surface area contributed by atoms with Crippen LogP contribution in [0.25, 0.3) is 5.65 Å². The SMILES string of the molecule is Cc1c(N2CCCC(F)(F)C2)nc2c([C@@H](C)Nc3ccc(Cl)nc3C(=O)O)cc(C(F)(F)F)cn2c1=O. The third kappa shape index (κ3) is 5.31. The molecule has 2 N–H and O–H groups in total. The molecule has 0 spiro atoms. The van der Waals surface area contributed by atoms with Crippen molar-refractivity contribution in [2.24, 2.45) is 0 Å². The number of nitrogens with zero attached hydrogens (tertiary/aromatic N) is 4. The van der Waals surface area contributed by atoms with Crippen LogP contribution in [0.1, 0.15) is 53.0 Å². The largest absolute Gasteiger partial charge is 0.476 e. The highest BCUT2D eigenvalue weighted by Crippen LogP contribution is 2.35. The minimum Gasteiger partial charge on any atom is -0.476 e. The van der Waals surface area contributed by atoms with Gasteiger partial charge in [-0.2, -0.15) is 13.2 Å². The van der Waals surface area contributed by atoms with Crippen LogP contribution >= 0.6 is 11.6 Å². The van der Waals surface area contributed by atoms with Crippen molar-refractivity contribution in [3.63, 3.8) is 0 Å². The monoisotopic (exact) mass is 545 g/mol. The van der Waals surface area contributed by atoms with Gasteiger partial charge in [-0.15, -0.1) is 0 Å². The highest BCUT2D eigenvalue weighted by atomic mass is 35.5. The van der Waals surface area contributed by atoms with Crippen LogP contribution in [0.4, 0.5) is 33.5 Å². The summed E-state index contributed by atoms with van der Waals surface area (Å²) in [7, 11) is 0. The molecular weight excluding hydrogens is 525 g/mol. The number of halogens is 6. The van der Waals surface area contributed by atoms with Gasteiger partial charge < -0.3 is 15.3 Å². The van der Waals surface area contributed by atoms with Gasteiger partial charge in [-0.25, -0.2) is 23.5 Å². The van der Waals surface area contributed by atoms with Gasteiger partial charge in [0.1, 0.15) is 16.6 Å². The number of anilines is 2. The Morgan fingerprint density at radius 1 is 1.27 bits per heavy atom. The zero-order chi connectivity index (χ0) is 27.3. The molecule has 1 atom stereocenters. The summed E-state index contributed by atoms with van der Waals surface area (Å²) in [6.07, 6.45) is -4.39. The van der Waals surface area contributed by atoms with Crippen molar-refractivity contribution >= 4 is 34.7 Å². The number of fused-ring (bicyclic) bond motifs is 1. The molecule has 0 aliphatic carbocycles. The van der Waals surface area contributed by atoms with Gasteiger partial charge >= 0.3 is 12.1 Å². The van der Waals surface area contributed by atoms with Crippen LogP contribution in [0.3, 0.4) is 0 Å². The Hall–Kier alpha value is -3.48. The first-order chi connectivity index (χ1) is 17.2. The van der Waals surface area contributed by atoms with Gasteiger partial charge in [0.25, 0.3) is 11.5 Å². The van der Waals surface area contributed by atoms with Gasteiger partial charge in [-0.3, -0.25) is 9.20 Å². The number of hydrogen-bond donors (Lipinski definition) is 2. The second-order valence-electron chi connectivity index (χ2n) is 8.82. The van der Waals surface area contributed by atoms with E-state index in [9.17, 15) is 36.6 Å². The van der Waals surface area contributed by atoms with E-state index in [0.717, 1.165) is 10.5 Å². The van der Waals surface area contributed by atoms with E-state index in [4.69, 9.17) is 11.6 Å². The predicted octanol–water partition coefficient (Wildman–Crippen LogP) is 5.18. The van der Waals surface area contributed by atoms with E-state index in [1.165, 1.54) is 30.9 Å². The molecule has 198 valence electrons. The molecule has 14 heteroatoms. The fourth-order valence-electron chi connectivity index (χ4n) is 4.30. The standard InChI is InChI=1S/C23H21ClF5N5O3/c1-11-18(33-7-3-6-22(25,26)10-33)32-19-14(8-13(23(27,28)29)9-34(19)20(11)35)12(2)30-15-4-5-16(24)31-17(15)21(36)37/h4-5,8-9,12,30H,3,6-7,10H2,1-2H3,(H,36,37)/t12-/m1/s1. The summed E-state index contributed by atoms with van der Waals surface area (Å²) in [4.78, 5) is 34.1. The third-order valence-corrected chi connectivity index (χ3v) is 6.28. The summed E-state index contributed by atoms with van der Waals surface area (Å²) >= 11 is 5.77. The second-order valence-corrected chi connectivity index (χ2v) is 9.21. The van der Waals surface area contributed by atoms with Crippen molar-refractivity contribution in [3.05, 3.63) is 62.3 Å². The molecule has 8 nitrogen and oxygen atoms in total. The van der Waals surface area contributed by atoms with Gasteiger partial charge in [-0.05, 0) is 38.5 Å². The maximum atomic E-state index is 14.1. The average molecular weight is 546 g/mol. The molecule has 3 aromatic heterocycles. The van der Waals surface area contributed by atoms with Crippen LogP contribution in [0.15, 0.2) is 29.2 Å². The van der Waals surface area contributed by atoms with Crippen molar-refractivity contribution in [1.82, 2.24) is 14.4 Å². The number of carboxylic acids is 1. The van der Waals surface area contributed by atoms with Crippen molar-refractivity contribution in [3.8, 4) is 0 Å². The summed E-state index contributed by atoms with van der Waals surface area (Å²) < 4.78 is 70.1. The quantitative estimate of drug-likeness (QED) is 0.337. The molecule has 4 rings (SSSR count).